The molecule has 0 bridgehead atoms. The molecule has 0 N–H and O–H groups in total. The fraction of sp³-hybridized carbons (Fsp3) is 0.417. The predicted molar refractivity (Wildman–Crippen MR) is 59.1 cm³/mol. The van der Waals surface area contributed by atoms with E-state index in [1.165, 1.54) is 12.1 Å². The van der Waals surface area contributed by atoms with Crippen molar-refractivity contribution in [3.05, 3.63) is 30.1 Å². The highest BCUT2D eigenvalue weighted by molar-refractivity contribution is 5.45. The van der Waals surface area contributed by atoms with Crippen LogP contribution in [0.25, 0.3) is 0 Å². The number of rotatable bonds is 5. The minimum absolute atomic E-state index is 0.211. The number of nitrogens with zero attached hydrogens (tertiary/aromatic N) is 2. The van der Waals surface area contributed by atoms with E-state index in [1.54, 1.807) is 12.1 Å². The third kappa shape index (κ3) is 3.99. The number of benzene rings is 1. The van der Waals surface area contributed by atoms with E-state index in [4.69, 9.17) is 5.26 Å². The molecule has 0 radical (unpaired) electrons. The zero-order valence-corrected chi connectivity index (χ0v) is 8.91. The van der Waals surface area contributed by atoms with Gasteiger partial charge >= 0.3 is 0 Å². The number of halogens is 1. The van der Waals surface area contributed by atoms with Crippen LogP contribution in [0.3, 0.4) is 0 Å². The zero-order chi connectivity index (χ0) is 11.1. The van der Waals surface area contributed by atoms with Crippen LogP contribution in [0.4, 0.5) is 10.1 Å². The maximum atomic E-state index is 12.6. The van der Waals surface area contributed by atoms with E-state index < -0.39 is 0 Å². The first-order chi connectivity index (χ1) is 7.24. The molecule has 0 aliphatic rings. The summed E-state index contributed by atoms with van der Waals surface area (Å²) in [5.41, 5.74) is 1.01. The molecule has 0 amide bonds. The van der Waals surface area contributed by atoms with Gasteiger partial charge in [0.2, 0.25) is 0 Å². The first-order valence-electron chi connectivity index (χ1n) is 5.07. The summed E-state index contributed by atoms with van der Waals surface area (Å²) in [6, 6.07) is 8.57. The van der Waals surface area contributed by atoms with Crippen molar-refractivity contribution < 1.29 is 4.39 Å². The van der Waals surface area contributed by atoms with Crippen LogP contribution >= 0.6 is 0 Å². The monoisotopic (exact) mass is 206 g/mol. The molecule has 0 aromatic heterocycles. The van der Waals surface area contributed by atoms with Gasteiger partial charge in [0.1, 0.15) is 5.82 Å². The van der Waals surface area contributed by atoms with Crippen LogP contribution in [0, 0.1) is 17.1 Å². The highest BCUT2D eigenvalue weighted by atomic mass is 19.1. The molecule has 0 aliphatic heterocycles. The Labute approximate surface area is 89.9 Å². The van der Waals surface area contributed by atoms with Crippen molar-refractivity contribution in [2.75, 3.05) is 18.5 Å². The Hall–Kier alpha value is -1.56. The van der Waals surface area contributed by atoms with Gasteiger partial charge in [0, 0.05) is 25.7 Å². The summed E-state index contributed by atoms with van der Waals surface area (Å²) in [4.78, 5) is 2.07. The normalized spacial score (nSPS) is 9.67. The first-order valence-corrected chi connectivity index (χ1v) is 5.07. The Morgan fingerprint density at radius 1 is 1.27 bits per heavy atom. The fourth-order valence-electron chi connectivity index (χ4n) is 1.38. The summed E-state index contributed by atoms with van der Waals surface area (Å²) in [5, 5.41) is 8.37. The van der Waals surface area contributed by atoms with Gasteiger partial charge in [-0.05, 0) is 37.1 Å². The molecular formula is C12H15FN2. The van der Waals surface area contributed by atoms with E-state index in [9.17, 15) is 4.39 Å². The molecule has 0 spiro atoms. The van der Waals surface area contributed by atoms with Gasteiger partial charge in [0.15, 0.2) is 0 Å². The second kappa shape index (κ2) is 6.02. The second-order valence-electron chi connectivity index (χ2n) is 3.51. The molecule has 0 atom stereocenters. The van der Waals surface area contributed by atoms with E-state index in [1.807, 2.05) is 7.05 Å². The van der Waals surface area contributed by atoms with Crippen molar-refractivity contribution in [3.8, 4) is 6.07 Å². The molecule has 3 heteroatoms. The molecule has 0 saturated heterocycles. The Morgan fingerprint density at radius 3 is 2.53 bits per heavy atom. The van der Waals surface area contributed by atoms with Gasteiger partial charge in [0.05, 0.1) is 6.07 Å². The molecule has 15 heavy (non-hydrogen) atoms. The van der Waals surface area contributed by atoms with Crippen molar-refractivity contribution in [1.82, 2.24) is 0 Å². The molecule has 1 aromatic rings. The Balaban J connectivity index is 2.37. The van der Waals surface area contributed by atoms with Gasteiger partial charge in [0.25, 0.3) is 0 Å². The minimum Gasteiger partial charge on any atom is -0.375 e. The smallest absolute Gasteiger partial charge is 0.123 e. The summed E-state index contributed by atoms with van der Waals surface area (Å²) >= 11 is 0. The van der Waals surface area contributed by atoms with E-state index in [0.717, 1.165) is 25.1 Å². The maximum Gasteiger partial charge on any atom is 0.123 e. The number of nitriles is 1. The number of hydrogen-bond donors (Lipinski definition) is 0. The predicted octanol–water partition coefficient (Wildman–Crippen LogP) is 2.96. The lowest BCUT2D eigenvalue weighted by Gasteiger charge is -2.18. The van der Waals surface area contributed by atoms with Crippen LogP contribution in [0.2, 0.25) is 0 Å². The molecule has 0 saturated carbocycles. The minimum atomic E-state index is -0.211. The molecule has 0 aliphatic carbocycles. The molecule has 0 unspecified atom stereocenters. The molecule has 80 valence electrons. The van der Waals surface area contributed by atoms with Crippen molar-refractivity contribution in [2.45, 2.75) is 19.3 Å². The zero-order valence-electron chi connectivity index (χ0n) is 8.91. The molecule has 0 fully saturated rings. The summed E-state index contributed by atoms with van der Waals surface area (Å²) in [6.07, 6.45) is 2.51. The number of anilines is 1. The standard InChI is InChI=1S/C12H15FN2/c1-15(10-4-2-3-9-14)12-7-5-11(13)6-8-12/h5-8H,2-4,10H2,1H3. The highest BCUT2D eigenvalue weighted by Crippen LogP contribution is 2.13. The van der Waals surface area contributed by atoms with E-state index in [0.29, 0.717) is 6.42 Å². The molecule has 0 heterocycles. The lowest BCUT2D eigenvalue weighted by Crippen LogP contribution is -2.18. The van der Waals surface area contributed by atoms with Crippen LogP contribution < -0.4 is 4.90 Å². The molecule has 1 rings (SSSR count). The van der Waals surface area contributed by atoms with Gasteiger partial charge in [-0.3, -0.25) is 0 Å². The number of unbranched alkanes of at least 4 members (excludes halogenated alkanes) is 2. The van der Waals surface area contributed by atoms with Gasteiger partial charge < -0.3 is 4.90 Å². The van der Waals surface area contributed by atoms with Gasteiger partial charge in [-0.25, -0.2) is 4.39 Å². The Kier molecular flexibility index (Phi) is 4.62. The molecular weight excluding hydrogens is 191 g/mol. The Morgan fingerprint density at radius 2 is 1.93 bits per heavy atom. The van der Waals surface area contributed by atoms with Crippen LogP contribution in [0.1, 0.15) is 19.3 Å². The van der Waals surface area contributed by atoms with Crippen molar-refractivity contribution in [2.24, 2.45) is 0 Å². The summed E-state index contributed by atoms with van der Waals surface area (Å²) < 4.78 is 12.6. The van der Waals surface area contributed by atoms with E-state index in [-0.39, 0.29) is 5.82 Å². The highest BCUT2D eigenvalue weighted by Gasteiger charge is 2.00. The van der Waals surface area contributed by atoms with Crippen molar-refractivity contribution in [3.63, 3.8) is 0 Å². The maximum absolute atomic E-state index is 12.6. The lowest BCUT2D eigenvalue weighted by molar-refractivity contribution is 0.627. The summed E-state index contributed by atoms with van der Waals surface area (Å²) in [6.45, 7) is 0.896. The van der Waals surface area contributed by atoms with Crippen LogP contribution in [0.5, 0.6) is 0 Å². The van der Waals surface area contributed by atoms with Gasteiger partial charge in [-0.15, -0.1) is 0 Å². The van der Waals surface area contributed by atoms with Gasteiger partial charge in [-0.1, -0.05) is 0 Å². The summed E-state index contributed by atoms with van der Waals surface area (Å²) in [7, 11) is 1.97. The second-order valence-corrected chi connectivity index (χ2v) is 3.51. The third-order valence-corrected chi connectivity index (χ3v) is 2.30. The van der Waals surface area contributed by atoms with E-state index >= 15 is 0 Å². The average Bonchev–Trinajstić information content (AvgIpc) is 2.25. The van der Waals surface area contributed by atoms with E-state index in [2.05, 4.69) is 11.0 Å². The van der Waals surface area contributed by atoms with Gasteiger partial charge in [-0.2, -0.15) is 5.26 Å². The SMILES string of the molecule is CN(CCCCC#N)c1ccc(F)cc1. The van der Waals surface area contributed by atoms with Crippen LogP contribution in [0.15, 0.2) is 24.3 Å². The first kappa shape index (κ1) is 11.5. The Bertz CT molecular complexity index is 326. The summed E-state index contributed by atoms with van der Waals surface area (Å²) in [5.74, 6) is -0.211. The quantitative estimate of drug-likeness (QED) is 0.692. The average molecular weight is 206 g/mol. The van der Waals surface area contributed by atoms with Crippen LogP contribution in [-0.2, 0) is 0 Å². The molecule has 1 aromatic carbocycles. The third-order valence-electron chi connectivity index (χ3n) is 2.30. The largest absolute Gasteiger partial charge is 0.375 e. The van der Waals surface area contributed by atoms with Crippen LogP contribution in [-0.4, -0.2) is 13.6 Å². The molecule has 2 nitrogen and oxygen atoms in total. The fourth-order valence-corrected chi connectivity index (χ4v) is 1.38. The lowest BCUT2D eigenvalue weighted by atomic mass is 10.2. The topological polar surface area (TPSA) is 27.0 Å². The van der Waals surface area contributed by atoms with Crippen molar-refractivity contribution in [1.29, 1.82) is 5.26 Å². The number of hydrogen-bond acceptors (Lipinski definition) is 2. The van der Waals surface area contributed by atoms with Crippen molar-refractivity contribution >= 4 is 5.69 Å².